The summed E-state index contributed by atoms with van der Waals surface area (Å²) in [7, 11) is 0. The molecule has 1 amide bonds. The van der Waals surface area contributed by atoms with Crippen LogP contribution in [0.3, 0.4) is 0 Å². The molecule has 1 saturated heterocycles. The molecule has 124 valence electrons. The first-order valence-corrected chi connectivity index (χ1v) is 8.31. The van der Waals surface area contributed by atoms with Crippen molar-refractivity contribution >= 4 is 11.6 Å². The second kappa shape index (κ2) is 8.64. The number of carbonyl (C=O) groups excluding carboxylic acids is 1. The maximum Gasteiger partial charge on any atom is 0.244 e. The zero-order valence-electron chi connectivity index (χ0n) is 13.7. The minimum atomic E-state index is -0.331. The third-order valence-electron chi connectivity index (χ3n) is 4.40. The number of halogens is 1. The average molecular weight is 317 g/mol. The van der Waals surface area contributed by atoms with Crippen LogP contribution < -0.4 is 4.90 Å². The van der Waals surface area contributed by atoms with Gasteiger partial charge in [-0.3, -0.25) is 9.69 Å². The Bertz CT molecular complexity index is 544. The van der Waals surface area contributed by atoms with Gasteiger partial charge in [0.2, 0.25) is 5.91 Å². The van der Waals surface area contributed by atoms with Gasteiger partial charge in [0.1, 0.15) is 5.82 Å². The Morgan fingerprint density at radius 3 is 2.43 bits per heavy atom. The summed E-state index contributed by atoms with van der Waals surface area (Å²) in [5.74, 6) is -0.351. The molecule has 1 aliphatic heterocycles. The van der Waals surface area contributed by atoms with Crippen molar-refractivity contribution in [1.29, 1.82) is 5.26 Å². The van der Waals surface area contributed by atoms with Crippen molar-refractivity contribution in [3.05, 3.63) is 30.1 Å². The average Bonchev–Trinajstić information content (AvgIpc) is 2.85. The summed E-state index contributed by atoms with van der Waals surface area (Å²) < 4.78 is 13.1. The molecule has 1 aliphatic rings. The van der Waals surface area contributed by atoms with Crippen LogP contribution in [0.4, 0.5) is 10.1 Å². The monoisotopic (exact) mass is 317 g/mol. The van der Waals surface area contributed by atoms with Crippen LogP contribution >= 0.6 is 0 Å². The van der Waals surface area contributed by atoms with Gasteiger partial charge in [0.25, 0.3) is 0 Å². The van der Waals surface area contributed by atoms with E-state index in [-0.39, 0.29) is 24.2 Å². The summed E-state index contributed by atoms with van der Waals surface area (Å²) in [6, 6.07) is 7.74. The zero-order chi connectivity index (χ0) is 16.7. The van der Waals surface area contributed by atoms with Gasteiger partial charge in [-0.05, 0) is 57.1 Å². The largest absolute Gasteiger partial charge is 0.310 e. The molecule has 1 heterocycles. The van der Waals surface area contributed by atoms with Crippen LogP contribution in [-0.4, -0.2) is 36.5 Å². The van der Waals surface area contributed by atoms with Gasteiger partial charge >= 0.3 is 0 Å². The topological polar surface area (TPSA) is 47.3 Å². The molecule has 5 heteroatoms. The Kier molecular flexibility index (Phi) is 6.54. The Labute approximate surface area is 137 Å². The fourth-order valence-corrected chi connectivity index (χ4v) is 3.01. The lowest BCUT2D eigenvalue weighted by atomic mass is 10.2. The molecule has 23 heavy (non-hydrogen) atoms. The van der Waals surface area contributed by atoms with Gasteiger partial charge in [-0.1, -0.05) is 12.8 Å². The third-order valence-corrected chi connectivity index (χ3v) is 4.40. The first-order chi connectivity index (χ1) is 11.1. The first-order valence-electron chi connectivity index (χ1n) is 8.31. The van der Waals surface area contributed by atoms with Gasteiger partial charge in [-0.2, -0.15) is 5.26 Å². The molecular weight excluding hydrogens is 293 g/mol. The maximum absolute atomic E-state index is 13.1. The van der Waals surface area contributed by atoms with Crippen molar-refractivity contribution in [2.24, 2.45) is 0 Å². The van der Waals surface area contributed by atoms with Gasteiger partial charge < -0.3 is 4.90 Å². The number of nitriles is 1. The predicted octanol–water partition coefficient (Wildman–Crippen LogP) is 3.34. The predicted molar refractivity (Wildman–Crippen MR) is 88.5 cm³/mol. The molecule has 1 fully saturated rings. The van der Waals surface area contributed by atoms with Crippen LogP contribution in [0.2, 0.25) is 0 Å². The lowest BCUT2D eigenvalue weighted by Crippen LogP contribution is -2.48. The number of likely N-dealkylation sites (tertiary alicyclic amines) is 1. The first kappa shape index (κ1) is 17.4. The smallest absolute Gasteiger partial charge is 0.244 e. The van der Waals surface area contributed by atoms with Crippen LogP contribution in [-0.2, 0) is 4.79 Å². The lowest BCUT2D eigenvalue weighted by molar-refractivity contribution is -0.123. The van der Waals surface area contributed by atoms with Gasteiger partial charge in [-0.25, -0.2) is 4.39 Å². The number of rotatable bonds is 5. The van der Waals surface area contributed by atoms with E-state index in [0.717, 1.165) is 25.9 Å². The lowest BCUT2D eigenvalue weighted by Gasteiger charge is -2.32. The van der Waals surface area contributed by atoms with Crippen LogP contribution in [0.1, 0.15) is 39.0 Å². The van der Waals surface area contributed by atoms with Crippen molar-refractivity contribution in [2.45, 2.75) is 45.1 Å². The third kappa shape index (κ3) is 4.77. The Balaban J connectivity index is 2.14. The van der Waals surface area contributed by atoms with E-state index in [1.807, 2.05) is 6.92 Å². The van der Waals surface area contributed by atoms with Crippen LogP contribution in [0, 0.1) is 17.1 Å². The minimum Gasteiger partial charge on any atom is -0.310 e. The summed E-state index contributed by atoms with van der Waals surface area (Å²) in [5.41, 5.74) is 0.647. The minimum absolute atomic E-state index is 0.0197. The molecule has 2 rings (SSSR count). The number of carbonyl (C=O) groups is 1. The molecule has 0 radical (unpaired) electrons. The van der Waals surface area contributed by atoms with E-state index in [0.29, 0.717) is 12.2 Å². The molecule has 0 N–H and O–H groups in total. The van der Waals surface area contributed by atoms with Gasteiger partial charge in [-0.15, -0.1) is 0 Å². The molecular formula is C18H24FN3O. The van der Waals surface area contributed by atoms with Crippen LogP contribution in [0.5, 0.6) is 0 Å². The number of benzene rings is 1. The van der Waals surface area contributed by atoms with Gasteiger partial charge in [0.15, 0.2) is 0 Å². The fourth-order valence-electron chi connectivity index (χ4n) is 3.01. The number of hydrogen-bond donors (Lipinski definition) is 0. The summed E-state index contributed by atoms with van der Waals surface area (Å²) in [6.45, 7) is 4.13. The SMILES string of the molecule is CC(C(=O)N(CCC#N)c1ccc(F)cc1)N1CCCCCC1. The Hall–Kier alpha value is -1.93. The van der Waals surface area contributed by atoms with E-state index >= 15 is 0 Å². The van der Waals surface area contributed by atoms with E-state index in [1.165, 1.54) is 25.0 Å². The quantitative estimate of drug-likeness (QED) is 0.837. The molecule has 0 aromatic heterocycles. The van der Waals surface area contributed by atoms with E-state index in [1.54, 1.807) is 17.0 Å². The summed E-state index contributed by atoms with van der Waals surface area (Å²) in [4.78, 5) is 16.8. The second-order valence-corrected chi connectivity index (χ2v) is 6.00. The van der Waals surface area contributed by atoms with Crippen LogP contribution in [0.25, 0.3) is 0 Å². The van der Waals surface area contributed by atoms with Crippen molar-refractivity contribution in [1.82, 2.24) is 4.90 Å². The van der Waals surface area contributed by atoms with Gasteiger partial charge in [0.05, 0.1) is 18.5 Å². The standard InChI is InChI=1S/C18H24FN3O/c1-15(21-12-4-2-3-5-13-21)18(23)22(14-6-11-20)17-9-7-16(19)8-10-17/h7-10,15H,2-6,12-14H2,1H3. The number of amides is 1. The molecule has 1 aromatic carbocycles. The second-order valence-electron chi connectivity index (χ2n) is 6.00. The number of nitrogens with zero attached hydrogens (tertiary/aromatic N) is 3. The summed E-state index contributed by atoms with van der Waals surface area (Å²) in [6.07, 6.45) is 4.93. The van der Waals surface area contributed by atoms with Crippen LogP contribution in [0.15, 0.2) is 24.3 Å². The van der Waals surface area contributed by atoms with E-state index in [4.69, 9.17) is 5.26 Å². The Morgan fingerprint density at radius 1 is 1.26 bits per heavy atom. The van der Waals surface area contributed by atoms with Crippen molar-refractivity contribution in [2.75, 3.05) is 24.5 Å². The van der Waals surface area contributed by atoms with E-state index in [9.17, 15) is 9.18 Å². The number of anilines is 1. The van der Waals surface area contributed by atoms with Gasteiger partial charge in [0, 0.05) is 12.2 Å². The van der Waals surface area contributed by atoms with Crippen molar-refractivity contribution in [3.63, 3.8) is 0 Å². The molecule has 0 bridgehead atoms. The molecule has 1 atom stereocenters. The Morgan fingerprint density at radius 2 is 1.87 bits per heavy atom. The summed E-state index contributed by atoms with van der Waals surface area (Å²) >= 11 is 0. The highest BCUT2D eigenvalue weighted by Gasteiger charge is 2.27. The van der Waals surface area contributed by atoms with Crippen molar-refractivity contribution in [3.8, 4) is 6.07 Å². The highest BCUT2D eigenvalue weighted by atomic mass is 19.1. The van der Waals surface area contributed by atoms with E-state index in [2.05, 4.69) is 11.0 Å². The van der Waals surface area contributed by atoms with E-state index < -0.39 is 0 Å². The zero-order valence-corrected chi connectivity index (χ0v) is 13.7. The molecule has 4 nitrogen and oxygen atoms in total. The summed E-state index contributed by atoms with van der Waals surface area (Å²) in [5, 5.41) is 8.85. The molecule has 1 unspecified atom stereocenters. The van der Waals surface area contributed by atoms with Crippen molar-refractivity contribution < 1.29 is 9.18 Å². The molecule has 0 saturated carbocycles. The highest BCUT2D eigenvalue weighted by molar-refractivity contribution is 5.97. The highest BCUT2D eigenvalue weighted by Crippen LogP contribution is 2.19. The number of hydrogen-bond acceptors (Lipinski definition) is 3. The maximum atomic E-state index is 13.1. The molecule has 1 aromatic rings. The fraction of sp³-hybridized carbons (Fsp3) is 0.556. The molecule has 0 aliphatic carbocycles. The molecule has 0 spiro atoms. The normalized spacial score (nSPS) is 17.1.